The molecule has 0 N–H and O–H groups in total. The molecule has 246 valence electrons. The quantitative estimate of drug-likeness (QED) is 0.178. The minimum Gasteiger partial charge on any atom is -0.297 e. The van der Waals surface area contributed by atoms with E-state index in [2.05, 4.69) is 156 Å². The summed E-state index contributed by atoms with van der Waals surface area (Å²) >= 11 is 0. The van der Waals surface area contributed by atoms with Gasteiger partial charge in [0.25, 0.3) is 6.71 Å². The maximum absolute atomic E-state index is 5.32. The molecule has 8 aromatic rings. The lowest BCUT2D eigenvalue weighted by Crippen LogP contribution is -2.59. The van der Waals surface area contributed by atoms with E-state index in [1.807, 2.05) is 0 Å². The van der Waals surface area contributed by atoms with Crippen molar-refractivity contribution in [3.63, 3.8) is 0 Å². The van der Waals surface area contributed by atoms with Crippen molar-refractivity contribution in [3.05, 3.63) is 136 Å². The summed E-state index contributed by atoms with van der Waals surface area (Å²) in [6.07, 6.45) is 0. The number of hydrogen-bond donors (Lipinski definition) is 0. The molecule has 2 aromatic heterocycles. The van der Waals surface area contributed by atoms with Crippen molar-refractivity contribution in [1.29, 1.82) is 0 Å². The van der Waals surface area contributed by atoms with Crippen molar-refractivity contribution in [1.82, 2.24) is 19.1 Å². The van der Waals surface area contributed by atoms with Crippen molar-refractivity contribution in [3.8, 4) is 44.8 Å². The molecule has 0 amide bonds. The molecule has 0 saturated heterocycles. The maximum atomic E-state index is 5.32. The van der Waals surface area contributed by atoms with Gasteiger partial charge in [-0.25, -0.2) is 9.97 Å². The van der Waals surface area contributed by atoms with Crippen molar-refractivity contribution < 1.29 is 0 Å². The Balaban J connectivity index is 1.39. The molecule has 0 spiro atoms. The van der Waals surface area contributed by atoms with Crippen molar-refractivity contribution >= 4 is 45.2 Å². The maximum Gasteiger partial charge on any atom is 0.252 e. The third-order valence-electron chi connectivity index (χ3n) is 11.7. The molecule has 6 aromatic carbocycles. The lowest BCUT2D eigenvalue weighted by Gasteiger charge is -2.34. The second kappa shape index (κ2) is 10.4. The minimum atomic E-state index is 0.00719. The lowest BCUT2D eigenvalue weighted by atomic mass is 9.34. The van der Waals surface area contributed by atoms with E-state index in [1.54, 1.807) is 0 Å². The second-order valence-electron chi connectivity index (χ2n) is 15.0. The fourth-order valence-corrected chi connectivity index (χ4v) is 9.75. The summed E-state index contributed by atoms with van der Waals surface area (Å²) in [7, 11) is 0. The molecule has 0 atom stereocenters. The predicted octanol–water partition coefficient (Wildman–Crippen LogP) is 8.98. The van der Waals surface area contributed by atoms with E-state index in [0.29, 0.717) is 0 Å². The molecule has 0 bridgehead atoms. The molecule has 0 saturated carbocycles. The first kappa shape index (κ1) is 30.2. The van der Waals surface area contributed by atoms with E-state index in [0.717, 1.165) is 22.7 Å². The minimum absolute atomic E-state index is 0.00719. The Kier molecular flexibility index (Phi) is 6.17. The molecular formula is C46H39BN4. The highest BCUT2D eigenvalue weighted by atomic mass is 15.1. The normalized spacial score (nSPS) is 12.7. The van der Waals surface area contributed by atoms with Crippen LogP contribution in [0.15, 0.2) is 91.0 Å². The largest absolute Gasteiger partial charge is 0.297 e. The van der Waals surface area contributed by atoms with Gasteiger partial charge in [0.15, 0.2) is 0 Å². The number of imidazole rings is 2. The Morgan fingerprint density at radius 1 is 0.431 bits per heavy atom. The summed E-state index contributed by atoms with van der Waals surface area (Å²) in [5.41, 5.74) is 26.1. The van der Waals surface area contributed by atoms with Crippen molar-refractivity contribution in [2.24, 2.45) is 0 Å². The zero-order chi connectivity index (χ0) is 35.0. The van der Waals surface area contributed by atoms with Crippen LogP contribution in [0.5, 0.6) is 0 Å². The van der Waals surface area contributed by atoms with Gasteiger partial charge in [0, 0.05) is 11.4 Å². The molecule has 4 nitrogen and oxygen atoms in total. The van der Waals surface area contributed by atoms with Gasteiger partial charge in [-0.2, -0.15) is 0 Å². The first-order valence-corrected chi connectivity index (χ1v) is 18.0. The summed E-state index contributed by atoms with van der Waals surface area (Å²) in [5.74, 6) is 2.01. The third-order valence-corrected chi connectivity index (χ3v) is 11.7. The number of nitrogens with zero attached hydrogens (tertiary/aromatic N) is 4. The van der Waals surface area contributed by atoms with Gasteiger partial charge in [-0.3, -0.25) is 9.13 Å². The van der Waals surface area contributed by atoms with Crippen LogP contribution in [0.4, 0.5) is 0 Å². The number of hydrogen-bond acceptors (Lipinski definition) is 2. The van der Waals surface area contributed by atoms with E-state index >= 15 is 0 Å². The standard InChI is InChI=1S/C46H39BN4/c1-24-12-9-13-25(2)41(24)32-18-35-45-37(20-32)48-30(7)50(45)39-22-34(43-28(5)16-11-17-29(43)6)23-40-44(39)47(35)36-19-33(42-26(3)14-10-15-27(42)4)21-38-46(36)51(40)31(8)49-38/h9-23H,1-8H3. The fourth-order valence-electron chi connectivity index (χ4n) is 9.75. The number of aryl methyl sites for hydroxylation is 8. The van der Waals surface area contributed by atoms with Crippen LogP contribution in [0, 0.1) is 55.4 Å². The average molecular weight is 659 g/mol. The molecule has 5 heteroatoms. The second-order valence-corrected chi connectivity index (χ2v) is 15.0. The van der Waals surface area contributed by atoms with Crippen LogP contribution < -0.4 is 16.4 Å². The van der Waals surface area contributed by atoms with Gasteiger partial charge in [0.05, 0.1) is 22.1 Å². The summed E-state index contributed by atoms with van der Waals surface area (Å²) in [6, 6.07) is 34.3. The molecule has 0 aliphatic carbocycles. The Bertz CT molecular complexity index is 2620. The summed E-state index contributed by atoms with van der Waals surface area (Å²) in [5, 5.41) is 0. The topological polar surface area (TPSA) is 35.6 Å². The van der Waals surface area contributed by atoms with Crippen LogP contribution in [0.25, 0.3) is 66.8 Å². The summed E-state index contributed by atoms with van der Waals surface area (Å²) < 4.78 is 4.88. The highest BCUT2D eigenvalue weighted by molar-refractivity contribution is 7.00. The van der Waals surface area contributed by atoms with Gasteiger partial charge >= 0.3 is 0 Å². The monoisotopic (exact) mass is 658 g/mol. The first-order chi connectivity index (χ1) is 24.6. The fraction of sp³-hybridized carbons (Fsp3) is 0.174. The predicted molar refractivity (Wildman–Crippen MR) is 215 cm³/mol. The molecule has 0 unspecified atom stereocenters. The molecule has 10 rings (SSSR count). The first-order valence-electron chi connectivity index (χ1n) is 18.0. The SMILES string of the molecule is Cc1cccc(C)c1-c1cc2c3c(c1)-n1c(C)nc4cc(-c5c(C)cccc5C)cc(c41)B3c1cc(-c3c(C)cccc3C)cc3nc(C)n-2c13. The Labute approximate surface area is 299 Å². The molecule has 4 heterocycles. The number of aromatic nitrogens is 4. The molecule has 2 aliphatic rings. The van der Waals surface area contributed by atoms with Crippen LogP contribution in [-0.2, 0) is 0 Å². The van der Waals surface area contributed by atoms with Crippen molar-refractivity contribution in [2.75, 3.05) is 0 Å². The van der Waals surface area contributed by atoms with Crippen LogP contribution in [-0.4, -0.2) is 25.8 Å². The van der Waals surface area contributed by atoms with Crippen LogP contribution in [0.3, 0.4) is 0 Å². The molecule has 2 aliphatic heterocycles. The zero-order valence-corrected chi connectivity index (χ0v) is 30.5. The Morgan fingerprint density at radius 2 is 0.765 bits per heavy atom. The average Bonchev–Trinajstić information content (AvgIpc) is 3.60. The lowest BCUT2D eigenvalue weighted by molar-refractivity contribution is 0.981. The van der Waals surface area contributed by atoms with Gasteiger partial charge in [-0.15, -0.1) is 0 Å². The van der Waals surface area contributed by atoms with Crippen LogP contribution in [0.2, 0.25) is 0 Å². The van der Waals surface area contributed by atoms with E-state index < -0.39 is 0 Å². The molecule has 0 fully saturated rings. The third kappa shape index (κ3) is 4.03. The van der Waals surface area contributed by atoms with Crippen LogP contribution in [0.1, 0.15) is 45.0 Å². The van der Waals surface area contributed by atoms with Gasteiger partial charge in [-0.1, -0.05) is 66.7 Å². The van der Waals surface area contributed by atoms with E-state index in [1.165, 1.54) is 106 Å². The summed E-state index contributed by atoms with van der Waals surface area (Å²) in [4.78, 5) is 10.6. The van der Waals surface area contributed by atoms with E-state index in [9.17, 15) is 0 Å². The molecule has 0 radical (unpaired) electrons. The molecular weight excluding hydrogens is 619 g/mol. The van der Waals surface area contributed by atoms with Gasteiger partial charge in [0.2, 0.25) is 0 Å². The van der Waals surface area contributed by atoms with Gasteiger partial charge < -0.3 is 0 Å². The number of fused-ring (bicyclic) bond motifs is 4. The Morgan fingerprint density at radius 3 is 1.12 bits per heavy atom. The zero-order valence-electron chi connectivity index (χ0n) is 30.5. The van der Waals surface area contributed by atoms with E-state index in [4.69, 9.17) is 9.97 Å². The van der Waals surface area contributed by atoms with Crippen LogP contribution >= 0.6 is 0 Å². The summed E-state index contributed by atoms with van der Waals surface area (Å²) in [6.45, 7) is 17.7. The van der Waals surface area contributed by atoms with Gasteiger partial charge in [0.1, 0.15) is 11.6 Å². The number of benzene rings is 6. The van der Waals surface area contributed by atoms with Gasteiger partial charge in [-0.05, 0) is 163 Å². The smallest absolute Gasteiger partial charge is 0.252 e. The highest BCUT2D eigenvalue weighted by Gasteiger charge is 2.42. The van der Waals surface area contributed by atoms with E-state index in [-0.39, 0.29) is 6.71 Å². The highest BCUT2D eigenvalue weighted by Crippen LogP contribution is 2.39. The molecule has 51 heavy (non-hydrogen) atoms. The van der Waals surface area contributed by atoms with Crippen molar-refractivity contribution in [2.45, 2.75) is 55.4 Å². The Hall–Kier alpha value is -5.68. The number of rotatable bonds is 3.